The van der Waals surface area contributed by atoms with Crippen molar-refractivity contribution in [3.8, 4) is 17.0 Å². The summed E-state index contributed by atoms with van der Waals surface area (Å²) in [4.78, 5) is 18.1. The number of anilines is 1. The van der Waals surface area contributed by atoms with Crippen molar-refractivity contribution in [2.45, 2.75) is 13.8 Å². The molecule has 0 saturated heterocycles. The molecule has 3 aromatic rings. The molecule has 0 aliphatic carbocycles. The van der Waals surface area contributed by atoms with Crippen LogP contribution in [0.4, 0.5) is 5.13 Å². The molecule has 0 spiro atoms. The Balaban J connectivity index is 1.87. The van der Waals surface area contributed by atoms with Crippen LogP contribution >= 0.6 is 33.9 Å². The molecule has 0 saturated carbocycles. The lowest BCUT2D eigenvalue weighted by Crippen LogP contribution is -2.13. The molecule has 0 aliphatic rings. The van der Waals surface area contributed by atoms with Crippen LogP contribution in [0.5, 0.6) is 5.75 Å². The van der Waals surface area contributed by atoms with Crippen molar-refractivity contribution in [2.75, 3.05) is 12.4 Å². The maximum atomic E-state index is 12.5. The molecule has 2 aromatic carbocycles. The van der Waals surface area contributed by atoms with E-state index in [0.29, 0.717) is 10.7 Å². The smallest absolute Gasteiger partial charge is 0.258 e. The fraction of sp³-hybridized carbons (Fsp3) is 0.158. The van der Waals surface area contributed by atoms with Gasteiger partial charge in [-0.05, 0) is 72.3 Å². The number of hydrogen-bond donors (Lipinski definition) is 1. The fourth-order valence-electron chi connectivity index (χ4n) is 2.55. The topological polar surface area (TPSA) is 51.2 Å². The second-order valence-corrected chi connectivity index (χ2v) is 7.91. The number of methoxy groups -OCH3 is 1. The molecule has 0 aliphatic heterocycles. The van der Waals surface area contributed by atoms with E-state index in [1.165, 1.54) is 11.3 Å². The van der Waals surface area contributed by atoms with Gasteiger partial charge in [0.1, 0.15) is 5.75 Å². The summed E-state index contributed by atoms with van der Waals surface area (Å²) in [5.41, 5.74) is 3.60. The summed E-state index contributed by atoms with van der Waals surface area (Å²) < 4.78 is 6.22. The Morgan fingerprint density at radius 1 is 1.20 bits per heavy atom. The van der Waals surface area contributed by atoms with E-state index in [2.05, 4.69) is 32.9 Å². The molecule has 0 bridgehead atoms. The summed E-state index contributed by atoms with van der Waals surface area (Å²) >= 11 is 3.64. The zero-order chi connectivity index (χ0) is 18.0. The first kappa shape index (κ1) is 17.9. The van der Waals surface area contributed by atoms with Gasteiger partial charge in [0.25, 0.3) is 5.91 Å². The standard InChI is InChI=1S/C19H17IN2O2S/c1-11-10-13(8-9-16(11)24-3)17-12(2)25-19(21-17)22-18(23)14-6-4-5-7-15(14)20/h4-10H,1-3H3,(H,21,22,23). The molecular formula is C19H17IN2O2S. The number of carbonyl (C=O) groups excluding carboxylic acids is 1. The first-order valence-electron chi connectivity index (χ1n) is 7.68. The molecule has 25 heavy (non-hydrogen) atoms. The van der Waals surface area contributed by atoms with E-state index in [9.17, 15) is 4.79 Å². The Labute approximate surface area is 164 Å². The van der Waals surface area contributed by atoms with Crippen molar-refractivity contribution in [1.29, 1.82) is 0 Å². The van der Waals surface area contributed by atoms with Crippen LogP contribution < -0.4 is 10.1 Å². The predicted octanol–water partition coefficient (Wildman–Crippen LogP) is 5.29. The molecule has 0 atom stereocenters. The zero-order valence-corrected chi connectivity index (χ0v) is 17.1. The van der Waals surface area contributed by atoms with Gasteiger partial charge in [-0.3, -0.25) is 10.1 Å². The molecule has 0 fully saturated rings. The molecule has 6 heteroatoms. The largest absolute Gasteiger partial charge is 0.496 e. The van der Waals surface area contributed by atoms with Crippen LogP contribution in [0.2, 0.25) is 0 Å². The van der Waals surface area contributed by atoms with Crippen molar-refractivity contribution in [2.24, 2.45) is 0 Å². The summed E-state index contributed by atoms with van der Waals surface area (Å²) in [6, 6.07) is 13.5. The molecule has 3 rings (SSSR count). The van der Waals surface area contributed by atoms with Crippen LogP contribution in [0.25, 0.3) is 11.3 Å². The third kappa shape index (κ3) is 3.85. The number of aryl methyl sites for hydroxylation is 2. The van der Waals surface area contributed by atoms with Gasteiger partial charge < -0.3 is 4.74 Å². The van der Waals surface area contributed by atoms with Gasteiger partial charge >= 0.3 is 0 Å². The lowest BCUT2D eigenvalue weighted by molar-refractivity contribution is 0.102. The predicted molar refractivity (Wildman–Crippen MR) is 111 cm³/mol. The monoisotopic (exact) mass is 464 g/mol. The van der Waals surface area contributed by atoms with Gasteiger partial charge in [0, 0.05) is 14.0 Å². The molecule has 1 N–H and O–H groups in total. The van der Waals surface area contributed by atoms with Crippen LogP contribution in [0.15, 0.2) is 42.5 Å². The fourth-order valence-corrected chi connectivity index (χ4v) is 4.02. The Hall–Kier alpha value is -1.93. The minimum Gasteiger partial charge on any atom is -0.496 e. The summed E-state index contributed by atoms with van der Waals surface area (Å²) in [5, 5.41) is 3.51. The van der Waals surface area contributed by atoms with Crippen molar-refractivity contribution < 1.29 is 9.53 Å². The zero-order valence-electron chi connectivity index (χ0n) is 14.1. The highest BCUT2D eigenvalue weighted by molar-refractivity contribution is 14.1. The highest BCUT2D eigenvalue weighted by Gasteiger charge is 2.15. The lowest BCUT2D eigenvalue weighted by atomic mass is 10.1. The molecule has 128 valence electrons. The van der Waals surface area contributed by atoms with Crippen LogP contribution in [0.3, 0.4) is 0 Å². The number of nitrogens with zero attached hydrogens (tertiary/aromatic N) is 1. The van der Waals surface area contributed by atoms with E-state index in [-0.39, 0.29) is 5.91 Å². The van der Waals surface area contributed by atoms with E-state index >= 15 is 0 Å². The molecule has 0 radical (unpaired) electrons. The van der Waals surface area contributed by atoms with Gasteiger partial charge in [-0.25, -0.2) is 4.98 Å². The average Bonchev–Trinajstić information content (AvgIpc) is 2.95. The molecule has 1 aromatic heterocycles. The van der Waals surface area contributed by atoms with Crippen LogP contribution in [0, 0.1) is 17.4 Å². The molecule has 1 amide bonds. The lowest BCUT2D eigenvalue weighted by Gasteiger charge is -2.06. The molecule has 0 unspecified atom stereocenters. The van der Waals surface area contributed by atoms with Gasteiger partial charge in [0.15, 0.2) is 5.13 Å². The third-order valence-electron chi connectivity index (χ3n) is 3.80. The van der Waals surface area contributed by atoms with Gasteiger partial charge in [-0.2, -0.15) is 0 Å². The Morgan fingerprint density at radius 3 is 2.64 bits per heavy atom. The van der Waals surface area contributed by atoms with Crippen molar-refractivity contribution >= 4 is 45.0 Å². The minimum absolute atomic E-state index is 0.142. The normalized spacial score (nSPS) is 10.6. The van der Waals surface area contributed by atoms with Gasteiger partial charge in [0.2, 0.25) is 0 Å². The number of aromatic nitrogens is 1. The summed E-state index contributed by atoms with van der Waals surface area (Å²) in [6.45, 7) is 4.01. The quantitative estimate of drug-likeness (QED) is 0.534. The number of thiazole rings is 1. The van der Waals surface area contributed by atoms with Crippen LogP contribution in [-0.4, -0.2) is 18.0 Å². The summed E-state index contributed by atoms with van der Waals surface area (Å²) in [5.74, 6) is 0.708. The van der Waals surface area contributed by atoms with Crippen LogP contribution in [0.1, 0.15) is 20.8 Å². The van der Waals surface area contributed by atoms with E-state index in [1.807, 2.05) is 56.3 Å². The number of amides is 1. The van der Waals surface area contributed by atoms with Gasteiger partial charge in [-0.1, -0.05) is 12.1 Å². The third-order valence-corrected chi connectivity index (χ3v) is 5.63. The number of halogens is 1. The Morgan fingerprint density at radius 2 is 1.96 bits per heavy atom. The molecular weight excluding hydrogens is 447 g/mol. The second kappa shape index (κ2) is 7.53. The van der Waals surface area contributed by atoms with Crippen molar-refractivity contribution in [1.82, 2.24) is 4.98 Å². The van der Waals surface area contributed by atoms with E-state index in [4.69, 9.17) is 4.74 Å². The molecule has 4 nitrogen and oxygen atoms in total. The number of carbonyl (C=O) groups is 1. The highest BCUT2D eigenvalue weighted by Crippen LogP contribution is 2.33. The SMILES string of the molecule is COc1ccc(-c2nc(NC(=O)c3ccccc3I)sc2C)cc1C. The van der Waals surface area contributed by atoms with Crippen LogP contribution in [-0.2, 0) is 0 Å². The van der Waals surface area contributed by atoms with E-state index in [1.54, 1.807) is 7.11 Å². The second-order valence-electron chi connectivity index (χ2n) is 5.54. The molecule has 1 heterocycles. The van der Waals surface area contributed by atoms with E-state index < -0.39 is 0 Å². The maximum Gasteiger partial charge on any atom is 0.258 e. The number of rotatable bonds is 4. The van der Waals surface area contributed by atoms with Crippen molar-refractivity contribution in [3.63, 3.8) is 0 Å². The number of hydrogen-bond acceptors (Lipinski definition) is 4. The number of benzene rings is 2. The first-order valence-corrected chi connectivity index (χ1v) is 9.57. The minimum atomic E-state index is -0.142. The van der Waals surface area contributed by atoms with E-state index in [0.717, 1.165) is 31.0 Å². The number of ether oxygens (including phenoxy) is 1. The number of nitrogens with one attached hydrogen (secondary N) is 1. The summed E-state index contributed by atoms with van der Waals surface area (Å²) in [7, 11) is 1.66. The average molecular weight is 464 g/mol. The Kier molecular flexibility index (Phi) is 5.39. The van der Waals surface area contributed by atoms with Crippen molar-refractivity contribution in [3.05, 3.63) is 62.0 Å². The Bertz CT molecular complexity index is 937. The highest BCUT2D eigenvalue weighted by atomic mass is 127. The maximum absolute atomic E-state index is 12.5. The first-order chi connectivity index (χ1) is 12.0. The summed E-state index contributed by atoms with van der Waals surface area (Å²) in [6.07, 6.45) is 0. The van der Waals surface area contributed by atoms with Gasteiger partial charge in [-0.15, -0.1) is 11.3 Å². The van der Waals surface area contributed by atoms with Gasteiger partial charge in [0.05, 0.1) is 18.4 Å².